The number of aromatic nitrogens is 4. The monoisotopic (exact) mass is 459 g/mol. The van der Waals surface area contributed by atoms with Gasteiger partial charge in [0.25, 0.3) is 5.91 Å². The second kappa shape index (κ2) is 10.5. The Morgan fingerprint density at radius 1 is 1.03 bits per heavy atom. The molecule has 0 unspecified atom stereocenters. The highest BCUT2D eigenvalue weighted by Crippen LogP contribution is 2.23. The van der Waals surface area contributed by atoms with Crippen molar-refractivity contribution in [1.82, 2.24) is 25.3 Å². The quantitative estimate of drug-likeness (QED) is 0.402. The lowest BCUT2D eigenvalue weighted by Gasteiger charge is -2.09. The topological polar surface area (TPSA) is 100 Å². The molecule has 0 aliphatic rings. The maximum absolute atomic E-state index is 12.8. The average molecular weight is 460 g/mol. The van der Waals surface area contributed by atoms with Gasteiger partial charge < -0.3 is 19.5 Å². The number of carbonyl (C=O) groups excluding carboxylic acids is 1. The smallest absolute Gasteiger partial charge is 0.274 e. The van der Waals surface area contributed by atoms with Crippen LogP contribution in [0.4, 0.5) is 0 Å². The SMILES string of the molecule is CCOc1ccc(Oc2cc(CNC(=O)c3nnn(-c4cccc(OC)c4)c3C)ccn2)cc1. The molecule has 4 aromatic rings. The van der Waals surface area contributed by atoms with E-state index in [1.54, 1.807) is 31.0 Å². The minimum atomic E-state index is -0.322. The van der Waals surface area contributed by atoms with E-state index in [0.717, 1.165) is 17.0 Å². The van der Waals surface area contributed by atoms with Gasteiger partial charge in [-0.1, -0.05) is 11.3 Å². The number of nitrogens with zero attached hydrogens (tertiary/aromatic N) is 4. The highest BCUT2D eigenvalue weighted by atomic mass is 16.5. The number of hydrogen-bond donors (Lipinski definition) is 1. The largest absolute Gasteiger partial charge is 0.497 e. The average Bonchev–Trinajstić information content (AvgIpc) is 3.25. The molecular weight excluding hydrogens is 434 g/mol. The second-order valence-corrected chi connectivity index (χ2v) is 7.33. The van der Waals surface area contributed by atoms with Crippen molar-refractivity contribution in [2.75, 3.05) is 13.7 Å². The molecule has 1 amide bonds. The summed E-state index contributed by atoms with van der Waals surface area (Å²) in [4.78, 5) is 17.0. The van der Waals surface area contributed by atoms with Crippen LogP contribution < -0.4 is 19.5 Å². The minimum Gasteiger partial charge on any atom is -0.497 e. The first-order chi connectivity index (χ1) is 16.6. The van der Waals surface area contributed by atoms with Gasteiger partial charge in [0.05, 0.1) is 25.1 Å². The van der Waals surface area contributed by atoms with Gasteiger partial charge in [0, 0.05) is 24.9 Å². The number of methoxy groups -OCH3 is 1. The Hall–Kier alpha value is -4.40. The summed E-state index contributed by atoms with van der Waals surface area (Å²) in [5, 5.41) is 11.1. The van der Waals surface area contributed by atoms with Crippen molar-refractivity contribution in [3.8, 4) is 28.8 Å². The van der Waals surface area contributed by atoms with Gasteiger partial charge in [-0.05, 0) is 61.9 Å². The Morgan fingerprint density at radius 3 is 2.59 bits per heavy atom. The molecule has 0 saturated heterocycles. The van der Waals surface area contributed by atoms with Gasteiger partial charge in [-0.2, -0.15) is 0 Å². The van der Waals surface area contributed by atoms with Gasteiger partial charge in [0.15, 0.2) is 5.69 Å². The number of amides is 1. The van der Waals surface area contributed by atoms with E-state index in [-0.39, 0.29) is 18.1 Å². The van der Waals surface area contributed by atoms with Gasteiger partial charge in [-0.15, -0.1) is 5.10 Å². The maximum Gasteiger partial charge on any atom is 0.274 e. The number of pyridine rings is 1. The lowest BCUT2D eigenvalue weighted by Crippen LogP contribution is -2.24. The van der Waals surface area contributed by atoms with E-state index < -0.39 is 0 Å². The zero-order valence-electron chi connectivity index (χ0n) is 19.2. The molecule has 2 aromatic heterocycles. The molecule has 0 aliphatic heterocycles. The van der Waals surface area contributed by atoms with Crippen molar-refractivity contribution >= 4 is 5.91 Å². The summed E-state index contributed by atoms with van der Waals surface area (Å²) in [5.41, 5.74) is 2.47. The highest BCUT2D eigenvalue weighted by Gasteiger charge is 2.17. The van der Waals surface area contributed by atoms with Gasteiger partial charge in [0.2, 0.25) is 5.88 Å². The van der Waals surface area contributed by atoms with Crippen molar-refractivity contribution in [1.29, 1.82) is 0 Å². The molecule has 2 heterocycles. The van der Waals surface area contributed by atoms with E-state index >= 15 is 0 Å². The molecule has 2 aromatic carbocycles. The molecule has 0 bridgehead atoms. The van der Waals surface area contributed by atoms with E-state index in [1.807, 2.05) is 61.5 Å². The Morgan fingerprint density at radius 2 is 1.82 bits per heavy atom. The summed E-state index contributed by atoms with van der Waals surface area (Å²) in [6.45, 7) is 4.62. The fourth-order valence-electron chi connectivity index (χ4n) is 3.30. The minimum absolute atomic E-state index is 0.253. The van der Waals surface area contributed by atoms with E-state index in [0.29, 0.717) is 29.7 Å². The third-order valence-electron chi connectivity index (χ3n) is 5.02. The lowest BCUT2D eigenvalue weighted by atomic mass is 10.2. The third-order valence-corrected chi connectivity index (χ3v) is 5.02. The van der Waals surface area contributed by atoms with Crippen LogP contribution in [-0.2, 0) is 6.54 Å². The third kappa shape index (κ3) is 5.32. The first-order valence-corrected chi connectivity index (χ1v) is 10.8. The number of ether oxygens (including phenoxy) is 3. The molecule has 174 valence electrons. The number of carbonyl (C=O) groups is 1. The maximum atomic E-state index is 12.8. The second-order valence-electron chi connectivity index (χ2n) is 7.33. The van der Waals surface area contributed by atoms with Crippen molar-refractivity contribution in [3.63, 3.8) is 0 Å². The zero-order valence-corrected chi connectivity index (χ0v) is 19.2. The molecule has 9 nitrogen and oxygen atoms in total. The van der Waals surface area contributed by atoms with Crippen molar-refractivity contribution in [2.24, 2.45) is 0 Å². The molecule has 0 spiro atoms. The molecule has 34 heavy (non-hydrogen) atoms. The Labute approximate surface area is 197 Å². The van der Waals surface area contributed by atoms with Crippen molar-refractivity contribution in [2.45, 2.75) is 20.4 Å². The Kier molecular flexibility index (Phi) is 7.02. The molecule has 4 rings (SSSR count). The van der Waals surface area contributed by atoms with Gasteiger partial charge in [0.1, 0.15) is 17.2 Å². The van der Waals surface area contributed by atoms with Crippen LogP contribution in [0.5, 0.6) is 23.1 Å². The zero-order chi connectivity index (χ0) is 23.9. The molecule has 9 heteroatoms. The summed E-state index contributed by atoms with van der Waals surface area (Å²) in [6, 6.07) is 18.3. The van der Waals surface area contributed by atoms with E-state index in [2.05, 4.69) is 20.6 Å². The van der Waals surface area contributed by atoms with Crippen LogP contribution in [0.3, 0.4) is 0 Å². The van der Waals surface area contributed by atoms with Crippen LogP contribution in [0.25, 0.3) is 5.69 Å². The summed E-state index contributed by atoms with van der Waals surface area (Å²) >= 11 is 0. The predicted molar refractivity (Wildman–Crippen MR) is 126 cm³/mol. The summed E-state index contributed by atoms with van der Waals surface area (Å²) in [6.07, 6.45) is 1.63. The van der Waals surface area contributed by atoms with Gasteiger partial charge in [-0.3, -0.25) is 4.79 Å². The molecule has 0 radical (unpaired) electrons. The molecule has 0 atom stereocenters. The van der Waals surface area contributed by atoms with E-state index in [9.17, 15) is 4.79 Å². The standard InChI is InChI=1S/C25H25N5O4/c1-4-33-20-8-10-21(11-9-20)34-23-14-18(12-13-26-23)16-27-25(31)24-17(2)30(29-28-24)19-6-5-7-22(15-19)32-3/h5-15H,4,16H2,1-3H3,(H,27,31). The first kappa shape index (κ1) is 22.8. The van der Waals surface area contributed by atoms with Crippen LogP contribution >= 0.6 is 0 Å². The number of rotatable bonds is 9. The van der Waals surface area contributed by atoms with Crippen LogP contribution in [-0.4, -0.2) is 39.6 Å². The summed E-state index contributed by atoms with van der Waals surface area (Å²) < 4.78 is 18.1. The van der Waals surface area contributed by atoms with Crippen molar-refractivity contribution in [3.05, 3.63) is 83.8 Å². The normalized spacial score (nSPS) is 10.6. The fourth-order valence-corrected chi connectivity index (χ4v) is 3.30. The first-order valence-electron chi connectivity index (χ1n) is 10.8. The van der Waals surface area contributed by atoms with E-state index in [4.69, 9.17) is 14.2 Å². The van der Waals surface area contributed by atoms with Crippen LogP contribution in [0.15, 0.2) is 66.9 Å². The molecule has 0 saturated carbocycles. The number of nitrogens with one attached hydrogen (secondary N) is 1. The van der Waals surface area contributed by atoms with Gasteiger partial charge >= 0.3 is 0 Å². The van der Waals surface area contributed by atoms with Crippen LogP contribution in [0.1, 0.15) is 28.7 Å². The molecule has 1 N–H and O–H groups in total. The molecule has 0 aliphatic carbocycles. The van der Waals surface area contributed by atoms with Gasteiger partial charge in [-0.25, -0.2) is 9.67 Å². The highest BCUT2D eigenvalue weighted by molar-refractivity contribution is 5.93. The summed E-state index contributed by atoms with van der Waals surface area (Å²) in [7, 11) is 1.60. The molecule has 0 fully saturated rings. The molecular formula is C25H25N5O4. The number of benzene rings is 2. The van der Waals surface area contributed by atoms with E-state index in [1.165, 1.54) is 0 Å². The van der Waals surface area contributed by atoms with Crippen LogP contribution in [0.2, 0.25) is 0 Å². The fraction of sp³-hybridized carbons (Fsp3) is 0.200. The Bertz CT molecular complexity index is 1270. The van der Waals surface area contributed by atoms with Crippen LogP contribution in [0, 0.1) is 6.92 Å². The number of hydrogen-bond acceptors (Lipinski definition) is 7. The predicted octanol–water partition coefficient (Wildman–Crippen LogP) is 4.10. The summed E-state index contributed by atoms with van der Waals surface area (Å²) in [5.74, 6) is 2.22. The van der Waals surface area contributed by atoms with Crippen molar-refractivity contribution < 1.29 is 19.0 Å². The Balaban J connectivity index is 1.40. The lowest BCUT2D eigenvalue weighted by molar-refractivity contribution is 0.0945.